The van der Waals surface area contributed by atoms with E-state index in [2.05, 4.69) is 24.1 Å². The Morgan fingerprint density at radius 2 is 2.15 bits per heavy atom. The lowest BCUT2D eigenvalue weighted by atomic mass is 10.1. The van der Waals surface area contributed by atoms with Gasteiger partial charge < -0.3 is 5.32 Å². The Bertz CT molecular complexity index is 472. The molecular weight excluding hydrogens is 254 g/mol. The first kappa shape index (κ1) is 14.8. The minimum Gasteiger partial charge on any atom is -0.385 e. The van der Waals surface area contributed by atoms with Gasteiger partial charge in [-0.15, -0.1) is 0 Å². The second kappa shape index (κ2) is 6.70. The molecule has 0 aromatic heterocycles. The second-order valence-electron chi connectivity index (χ2n) is 5.32. The van der Waals surface area contributed by atoms with Crippen LogP contribution in [0.1, 0.15) is 38.7 Å². The number of nitrogens with zero attached hydrogens (tertiary/aromatic N) is 2. The van der Waals surface area contributed by atoms with Crippen molar-refractivity contribution in [3.63, 3.8) is 0 Å². The Kier molecular flexibility index (Phi) is 4.95. The van der Waals surface area contributed by atoms with Crippen molar-refractivity contribution in [1.82, 2.24) is 4.90 Å². The SMILES string of the molecule is CCCNc1ccc([N+](=O)[O-])cc1CN(CC)C1CC1. The fourth-order valence-corrected chi connectivity index (χ4v) is 2.41. The largest absolute Gasteiger partial charge is 0.385 e. The van der Waals surface area contributed by atoms with E-state index in [1.54, 1.807) is 12.1 Å². The molecule has 0 heterocycles. The van der Waals surface area contributed by atoms with Crippen LogP contribution < -0.4 is 5.32 Å². The summed E-state index contributed by atoms with van der Waals surface area (Å²) in [5.41, 5.74) is 2.23. The fraction of sp³-hybridized carbons (Fsp3) is 0.600. The van der Waals surface area contributed by atoms with E-state index in [0.29, 0.717) is 6.04 Å². The molecule has 110 valence electrons. The lowest BCUT2D eigenvalue weighted by Gasteiger charge is -2.21. The van der Waals surface area contributed by atoms with Crippen molar-refractivity contribution in [2.45, 2.75) is 45.7 Å². The fourth-order valence-electron chi connectivity index (χ4n) is 2.41. The normalized spacial score (nSPS) is 14.6. The summed E-state index contributed by atoms with van der Waals surface area (Å²) in [5.74, 6) is 0. The van der Waals surface area contributed by atoms with Crippen molar-refractivity contribution >= 4 is 11.4 Å². The average Bonchev–Trinajstić information content (AvgIpc) is 3.27. The molecule has 20 heavy (non-hydrogen) atoms. The molecule has 5 nitrogen and oxygen atoms in total. The topological polar surface area (TPSA) is 58.4 Å². The number of non-ortho nitro benzene ring substituents is 1. The molecule has 1 aromatic rings. The maximum atomic E-state index is 11.0. The number of benzene rings is 1. The number of hydrogen-bond donors (Lipinski definition) is 1. The maximum Gasteiger partial charge on any atom is 0.269 e. The molecule has 0 amide bonds. The first-order chi connectivity index (χ1) is 9.65. The smallest absolute Gasteiger partial charge is 0.269 e. The zero-order valence-corrected chi connectivity index (χ0v) is 12.3. The minimum atomic E-state index is -0.319. The van der Waals surface area contributed by atoms with Crippen molar-refractivity contribution in [1.29, 1.82) is 0 Å². The van der Waals surface area contributed by atoms with E-state index in [1.165, 1.54) is 12.8 Å². The van der Waals surface area contributed by atoms with Crippen LogP contribution in [0.15, 0.2) is 18.2 Å². The van der Waals surface area contributed by atoms with E-state index in [1.807, 2.05) is 6.07 Å². The quantitative estimate of drug-likeness (QED) is 0.584. The van der Waals surface area contributed by atoms with Crippen LogP contribution in [0, 0.1) is 10.1 Å². The summed E-state index contributed by atoms with van der Waals surface area (Å²) in [5, 5.41) is 14.3. The van der Waals surface area contributed by atoms with Crippen LogP contribution in [0.5, 0.6) is 0 Å². The molecule has 5 heteroatoms. The van der Waals surface area contributed by atoms with Gasteiger partial charge in [-0.25, -0.2) is 0 Å². The molecule has 1 aliphatic rings. The number of nitro groups is 1. The number of rotatable bonds is 8. The Balaban J connectivity index is 2.20. The van der Waals surface area contributed by atoms with Crippen molar-refractivity contribution in [3.05, 3.63) is 33.9 Å². The molecule has 2 rings (SSSR count). The summed E-state index contributed by atoms with van der Waals surface area (Å²) in [6.45, 7) is 6.92. The van der Waals surface area contributed by atoms with E-state index in [-0.39, 0.29) is 10.6 Å². The van der Waals surface area contributed by atoms with Crippen molar-refractivity contribution < 1.29 is 4.92 Å². The van der Waals surface area contributed by atoms with E-state index < -0.39 is 0 Å². The average molecular weight is 277 g/mol. The number of anilines is 1. The van der Waals surface area contributed by atoms with E-state index in [0.717, 1.165) is 37.3 Å². The van der Waals surface area contributed by atoms with Gasteiger partial charge in [0.25, 0.3) is 5.69 Å². The minimum absolute atomic E-state index is 0.175. The summed E-state index contributed by atoms with van der Waals surface area (Å²) in [7, 11) is 0. The molecule has 0 bridgehead atoms. The van der Waals surface area contributed by atoms with Crippen molar-refractivity contribution in [2.75, 3.05) is 18.4 Å². The third-order valence-corrected chi connectivity index (χ3v) is 3.71. The molecular formula is C15H23N3O2. The Morgan fingerprint density at radius 3 is 2.70 bits per heavy atom. The first-order valence-corrected chi connectivity index (χ1v) is 7.41. The highest BCUT2D eigenvalue weighted by Crippen LogP contribution is 2.30. The molecule has 0 spiro atoms. The van der Waals surface area contributed by atoms with Crippen LogP contribution >= 0.6 is 0 Å². The molecule has 1 saturated carbocycles. The lowest BCUT2D eigenvalue weighted by molar-refractivity contribution is -0.384. The highest BCUT2D eigenvalue weighted by Gasteiger charge is 2.28. The number of hydrogen-bond acceptors (Lipinski definition) is 4. The van der Waals surface area contributed by atoms with E-state index >= 15 is 0 Å². The Hall–Kier alpha value is -1.62. The highest BCUT2D eigenvalue weighted by atomic mass is 16.6. The van der Waals surface area contributed by atoms with Crippen LogP contribution in [0.3, 0.4) is 0 Å². The van der Waals surface area contributed by atoms with Crippen LogP contribution in [0.4, 0.5) is 11.4 Å². The molecule has 1 N–H and O–H groups in total. The molecule has 0 saturated heterocycles. The Morgan fingerprint density at radius 1 is 1.40 bits per heavy atom. The predicted molar refractivity (Wildman–Crippen MR) is 81.0 cm³/mol. The second-order valence-corrected chi connectivity index (χ2v) is 5.32. The molecule has 0 aliphatic heterocycles. The molecule has 0 atom stereocenters. The van der Waals surface area contributed by atoms with Gasteiger partial charge >= 0.3 is 0 Å². The van der Waals surface area contributed by atoms with Gasteiger partial charge in [0.05, 0.1) is 4.92 Å². The molecule has 1 fully saturated rings. The maximum absolute atomic E-state index is 11.0. The van der Waals surface area contributed by atoms with Crippen LogP contribution in [-0.2, 0) is 6.54 Å². The monoisotopic (exact) mass is 277 g/mol. The van der Waals surface area contributed by atoms with Gasteiger partial charge in [0, 0.05) is 37.0 Å². The van der Waals surface area contributed by atoms with Crippen molar-refractivity contribution in [3.8, 4) is 0 Å². The summed E-state index contributed by atoms with van der Waals surface area (Å²) in [4.78, 5) is 13.0. The van der Waals surface area contributed by atoms with Gasteiger partial charge in [-0.05, 0) is 37.4 Å². The van der Waals surface area contributed by atoms with E-state index in [9.17, 15) is 10.1 Å². The van der Waals surface area contributed by atoms with Gasteiger partial charge in [0.2, 0.25) is 0 Å². The van der Waals surface area contributed by atoms with Gasteiger partial charge in [-0.3, -0.25) is 15.0 Å². The number of nitro benzene ring substituents is 1. The zero-order valence-electron chi connectivity index (χ0n) is 12.3. The molecule has 0 unspecified atom stereocenters. The third kappa shape index (κ3) is 3.70. The van der Waals surface area contributed by atoms with Crippen molar-refractivity contribution in [2.24, 2.45) is 0 Å². The molecule has 1 aliphatic carbocycles. The molecule has 0 radical (unpaired) electrons. The predicted octanol–water partition coefficient (Wildman–Crippen LogP) is 3.40. The first-order valence-electron chi connectivity index (χ1n) is 7.41. The summed E-state index contributed by atoms with van der Waals surface area (Å²) < 4.78 is 0. The van der Waals surface area contributed by atoms with Crippen LogP contribution in [0.2, 0.25) is 0 Å². The van der Waals surface area contributed by atoms with Gasteiger partial charge in [-0.1, -0.05) is 13.8 Å². The summed E-state index contributed by atoms with van der Waals surface area (Å²) >= 11 is 0. The van der Waals surface area contributed by atoms with E-state index in [4.69, 9.17) is 0 Å². The molecule has 1 aromatic carbocycles. The summed E-state index contributed by atoms with van der Waals surface area (Å²) in [6, 6.07) is 5.79. The van der Waals surface area contributed by atoms with Crippen LogP contribution in [-0.4, -0.2) is 29.0 Å². The standard InChI is InChI=1S/C15H23N3O2/c1-3-9-16-15-8-7-14(18(19)20)10-12(15)11-17(4-2)13-5-6-13/h7-8,10,13,16H,3-6,9,11H2,1-2H3. The highest BCUT2D eigenvalue weighted by molar-refractivity contribution is 5.56. The van der Waals surface area contributed by atoms with Gasteiger partial charge in [0.15, 0.2) is 0 Å². The number of nitrogens with one attached hydrogen (secondary N) is 1. The zero-order chi connectivity index (χ0) is 14.5. The summed E-state index contributed by atoms with van der Waals surface area (Å²) in [6.07, 6.45) is 3.54. The van der Waals surface area contributed by atoms with Gasteiger partial charge in [0.1, 0.15) is 0 Å². The Labute approximate surface area is 120 Å². The van der Waals surface area contributed by atoms with Gasteiger partial charge in [-0.2, -0.15) is 0 Å². The third-order valence-electron chi connectivity index (χ3n) is 3.71. The lowest BCUT2D eigenvalue weighted by Crippen LogP contribution is -2.25. The van der Waals surface area contributed by atoms with Crippen LogP contribution in [0.25, 0.3) is 0 Å².